The number of rotatable bonds is 9. The first-order valence-electron chi connectivity index (χ1n) is 12.4. The average Bonchev–Trinajstić information content (AvgIpc) is 2.91. The number of nitrogens with zero attached hydrogens (tertiary/aromatic N) is 3. The summed E-state index contributed by atoms with van der Waals surface area (Å²) in [5, 5.41) is 11.4. The molecule has 0 unspecified atom stereocenters. The number of sulfone groups is 1. The molecule has 0 saturated carbocycles. The normalized spacial score (nSPS) is 12.3. The third-order valence-corrected chi connectivity index (χ3v) is 8.41. The highest BCUT2D eigenvalue weighted by molar-refractivity contribution is 7.91. The molecule has 0 aliphatic rings. The molecule has 38 heavy (non-hydrogen) atoms. The Hall–Kier alpha value is -3.98. The van der Waals surface area contributed by atoms with Crippen molar-refractivity contribution in [2.24, 2.45) is 0 Å². The van der Waals surface area contributed by atoms with Crippen LogP contribution in [0.25, 0.3) is 11.1 Å². The van der Waals surface area contributed by atoms with Crippen LogP contribution in [0.4, 0.5) is 0 Å². The Morgan fingerprint density at radius 2 is 1.74 bits per heavy atom. The molecule has 1 N–H and O–H groups in total. The zero-order chi connectivity index (χ0) is 27.4. The van der Waals surface area contributed by atoms with Gasteiger partial charge >= 0.3 is 0 Å². The summed E-state index contributed by atoms with van der Waals surface area (Å²) in [4.78, 5) is 20.7. The molecule has 0 spiro atoms. The first-order chi connectivity index (χ1) is 18.2. The number of hydrogen-bond acceptors (Lipinski definition) is 7. The zero-order valence-corrected chi connectivity index (χ0v) is 22.7. The van der Waals surface area contributed by atoms with Crippen molar-refractivity contribution in [1.82, 2.24) is 14.5 Å². The lowest BCUT2D eigenvalue weighted by molar-refractivity contribution is 0.368. The quantitative estimate of drug-likeness (QED) is 0.318. The van der Waals surface area contributed by atoms with E-state index in [0.29, 0.717) is 18.0 Å². The molecule has 9 heteroatoms. The third-order valence-electron chi connectivity index (χ3n) is 6.62. The zero-order valence-electron chi connectivity index (χ0n) is 21.9. The molecule has 0 saturated heterocycles. The summed E-state index contributed by atoms with van der Waals surface area (Å²) in [7, 11) is -2.81. The molecule has 198 valence electrons. The van der Waals surface area contributed by atoms with E-state index < -0.39 is 32.2 Å². The molecule has 0 bridgehead atoms. The smallest absolute Gasteiger partial charge is 0.296 e. The van der Waals surface area contributed by atoms with Crippen molar-refractivity contribution >= 4 is 9.84 Å². The predicted octanol–water partition coefficient (Wildman–Crippen LogP) is 5.11. The number of methoxy groups -OCH3 is 1. The third kappa shape index (κ3) is 5.19. The van der Waals surface area contributed by atoms with E-state index in [1.165, 1.54) is 16.7 Å². The summed E-state index contributed by atoms with van der Waals surface area (Å²) in [6, 6.07) is 16.6. The van der Waals surface area contributed by atoms with Crippen LogP contribution in [0.3, 0.4) is 0 Å². The minimum absolute atomic E-state index is 0.109. The molecule has 0 radical (unpaired) electrons. The largest absolute Gasteiger partial charge is 0.497 e. The van der Waals surface area contributed by atoms with Gasteiger partial charge < -0.3 is 9.84 Å². The van der Waals surface area contributed by atoms with Crippen molar-refractivity contribution in [3.05, 3.63) is 94.3 Å². The van der Waals surface area contributed by atoms with Gasteiger partial charge in [0, 0.05) is 23.9 Å². The van der Waals surface area contributed by atoms with E-state index in [4.69, 9.17) is 4.74 Å². The van der Waals surface area contributed by atoms with E-state index in [1.54, 1.807) is 37.6 Å². The number of aromatic nitrogens is 3. The Balaban J connectivity index is 1.83. The highest BCUT2D eigenvalue weighted by Crippen LogP contribution is 2.33. The van der Waals surface area contributed by atoms with Crippen molar-refractivity contribution < 1.29 is 18.3 Å². The van der Waals surface area contributed by atoms with Gasteiger partial charge in [0.1, 0.15) is 11.6 Å². The SMILES string of the molecule is CCCCc1nc(=O)c(S(=O)(=O)c2ccc(-c3cccnc3C)cc2)c(O)n1[C@@H](C)c1ccc(OC)cc1. The molecule has 0 aliphatic carbocycles. The topological polar surface area (TPSA) is 111 Å². The molecule has 0 fully saturated rings. The van der Waals surface area contributed by atoms with Gasteiger partial charge in [-0.25, -0.2) is 8.42 Å². The minimum Gasteiger partial charge on any atom is -0.497 e. The fourth-order valence-electron chi connectivity index (χ4n) is 4.45. The monoisotopic (exact) mass is 533 g/mol. The highest BCUT2D eigenvalue weighted by Gasteiger charge is 2.31. The fourth-order valence-corrected chi connectivity index (χ4v) is 5.80. The van der Waals surface area contributed by atoms with Gasteiger partial charge in [-0.1, -0.05) is 43.7 Å². The first-order valence-corrected chi connectivity index (χ1v) is 13.9. The van der Waals surface area contributed by atoms with Gasteiger partial charge in [-0.3, -0.25) is 14.3 Å². The van der Waals surface area contributed by atoms with Gasteiger partial charge in [0.15, 0.2) is 4.90 Å². The highest BCUT2D eigenvalue weighted by atomic mass is 32.2. The maximum Gasteiger partial charge on any atom is 0.296 e. The van der Waals surface area contributed by atoms with Crippen LogP contribution < -0.4 is 10.3 Å². The maximum atomic E-state index is 13.7. The second-order valence-corrected chi connectivity index (χ2v) is 11.0. The summed E-state index contributed by atoms with van der Waals surface area (Å²) in [6.07, 6.45) is 3.67. The van der Waals surface area contributed by atoms with Crippen LogP contribution in [0, 0.1) is 6.92 Å². The van der Waals surface area contributed by atoms with Crippen LogP contribution in [-0.4, -0.2) is 35.2 Å². The van der Waals surface area contributed by atoms with E-state index in [-0.39, 0.29) is 4.90 Å². The van der Waals surface area contributed by atoms with E-state index >= 15 is 0 Å². The lowest BCUT2D eigenvalue weighted by Crippen LogP contribution is -2.27. The van der Waals surface area contributed by atoms with E-state index in [2.05, 4.69) is 9.97 Å². The number of benzene rings is 2. The van der Waals surface area contributed by atoms with Crippen molar-refractivity contribution in [3.63, 3.8) is 0 Å². The standard InChI is InChI=1S/C29H31N3O5S/c1-5-6-9-26-31-28(33)27(29(34)32(26)20(3)21-10-14-23(37-4)15-11-21)38(35,36)24-16-12-22(13-17-24)25-8-7-18-30-19(25)2/h7-8,10-18,20,34H,5-6,9H2,1-4H3/t20-/m0/s1. The maximum absolute atomic E-state index is 13.7. The Bertz CT molecular complexity index is 1600. The van der Waals surface area contributed by atoms with Gasteiger partial charge in [0.05, 0.1) is 18.0 Å². The van der Waals surface area contributed by atoms with Gasteiger partial charge in [-0.15, -0.1) is 0 Å². The van der Waals surface area contributed by atoms with Crippen LogP contribution in [0.5, 0.6) is 11.6 Å². The lowest BCUT2D eigenvalue weighted by atomic mass is 10.1. The van der Waals surface area contributed by atoms with Crippen molar-refractivity contribution in [2.75, 3.05) is 7.11 Å². The Morgan fingerprint density at radius 3 is 2.34 bits per heavy atom. The van der Waals surface area contributed by atoms with Crippen LogP contribution in [0.1, 0.15) is 49.8 Å². The van der Waals surface area contributed by atoms with Crippen LogP contribution >= 0.6 is 0 Å². The van der Waals surface area contributed by atoms with E-state index in [1.807, 2.05) is 45.0 Å². The summed E-state index contributed by atoms with van der Waals surface area (Å²) in [5.74, 6) is 0.383. The molecule has 0 aliphatic heterocycles. The Labute approximate surface area is 222 Å². The number of unbranched alkanes of at least 4 members (excludes halogenated alkanes) is 1. The summed E-state index contributed by atoms with van der Waals surface area (Å²) in [6.45, 7) is 5.70. The van der Waals surface area contributed by atoms with Gasteiger partial charge in [0.2, 0.25) is 15.7 Å². The summed E-state index contributed by atoms with van der Waals surface area (Å²) >= 11 is 0. The summed E-state index contributed by atoms with van der Waals surface area (Å²) < 4.78 is 34.0. The van der Waals surface area contributed by atoms with Crippen LogP contribution in [-0.2, 0) is 16.3 Å². The van der Waals surface area contributed by atoms with Gasteiger partial charge in [0.25, 0.3) is 5.56 Å². The number of hydrogen-bond donors (Lipinski definition) is 1. The number of aryl methyl sites for hydroxylation is 2. The molecule has 1 atom stereocenters. The van der Waals surface area contributed by atoms with Crippen LogP contribution in [0.2, 0.25) is 0 Å². The molecule has 2 aromatic carbocycles. The summed E-state index contributed by atoms with van der Waals surface area (Å²) in [5.41, 5.74) is 2.29. The number of ether oxygens (including phenoxy) is 1. The molecular weight excluding hydrogens is 502 g/mol. The average molecular weight is 534 g/mol. The van der Waals surface area contributed by atoms with E-state index in [9.17, 15) is 18.3 Å². The van der Waals surface area contributed by atoms with E-state index in [0.717, 1.165) is 35.2 Å². The molecule has 8 nitrogen and oxygen atoms in total. The number of pyridine rings is 1. The molecule has 2 heterocycles. The van der Waals surface area contributed by atoms with Crippen molar-refractivity contribution in [3.8, 4) is 22.8 Å². The van der Waals surface area contributed by atoms with Gasteiger partial charge in [-0.05, 0) is 61.7 Å². The molecule has 4 aromatic rings. The molecule has 4 rings (SSSR count). The molecular formula is C29H31N3O5S. The fraction of sp³-hybridized carbons (Fsp3) is 0.276. The number of aromatic hydroxyl groups is 1. The predicted molar refractivity (Wildman–Crippen MR) is 145 cm³/mol. The first kappa shape index (κ1) is 27.1. The lowest BCUT2D eigenvalue weighted by Gasteiger charge is -2.23. The molecule has 2 aromatic heterocycles. The Morgan fingerprint density at radius 1 is 1.05 bits per heavy atom. The minimum atomic E-state index is -4.38. The van der Waals surface area contributed by atoms with Crippen molar-refractivity contribution in [1.29, 1.82) is 0 Å². The van der Waals surface area contributed by atoms with Gasteiger partial charge in [-0.2, -0.15) is 4.98 Å². The second kappa shape index (κ2) is 11.2. The second-order valence-electron chi connectivity index (χ2n) is 9.07. The molecule has 0 amide bonds. The van der Waals surface area contributed by atoms with Crippen LogP contribution in [0.15, 0.2) is 81.4 Å². The van der Waals surface area contributed by atoms with Crippen molar-refractivity contribution in [2.45, 2.75) is 55.9 Å². The Kier molecular flexibility index (Phi) is 7.97.